The molecule has 1 aromatic rings. The van der Waals surface area contributed by atoms with E-state index in [1.807, 2.05) is 0 Å². The van der Waals surface area contributed by atoms with Crippen molar-refractivity contribution in [1.82, 2.24) is 5.32 Å². The van der Waals surface area contributed by atoms with Gasteiger partial charge in [0, 0.05) is 6.04 Å². The highest BCUT2D eigenvalue weighted by atomic mass is 35.5. The predicted octanol–water partition coefficient (Wildman–Crippen LogP) is 0.811. The molecule has 0 bridgehead atoms. The monoisotopic (exact) mass is 346 g/mol. The number of carbonyl (C=O) groups is 2. The van der Waals surface area contributed by atoms with Gasteiger partial charge in [-0.05, 0) is 38.0 Å². The van der Waals surface area contributed by atoms with E-state index in [1.165, 1.54) is 19.1 Å². The number of hydrogen-bond acceptors (Lipinski definition) is 5. The van der Waals surface area contributed by atoms with Crippen molar-refractivity contribution in [1.29, 1.82) is 0 Å². The molecule has 3 N–H and O–H groups in total. The van der Waals surface area contributed by atoms with Gasteiger partial charge in [0.1, 0.15) is 0 Å². The molecule has 0 saturated heterocycles. The fourth-order valence-corrected chi connectivity index (χ4v) is 2.40. The molecule has 1 amide bonds. The Bertz CT molecular complexity index is 715. The van der Waals surface area contributed by atoms with Crippen LogP contribution in [0.15, 0.2) is 23.1 Å². The number of amides is 1. The summed E-state index contributed by atoms with van der Waals surface area (Å²) in [5.74, 6) is -1.30. The Kier molecular flexibility index (Phi) is 4.74. The summed E-state index contributed by atoms with van der Waals surface area (Å²) in [4.78, 5) is 23.5. The van der Waals surface area contributed by atoms with E-state index in [0.29, 0.717) is 0 Å². The van der Waals surface area contributed by atoms with Crippen LogP contribution in [0.4, 0.5) is 0 Å². The molecular formula is C13H15ClN2O5S. The summed E-state index contributed by atoms with van der Waals surface area (Å²) in [6, 6.07) is 3.57. The zero-order valence-corrected chi connectivity index (χ0v) is 13.3. The Balaban J connectivity index is 2.12. The smallest absolute Gasteiger partial charge is 0.340 e. The van der Waals surface area contributed by atoms with E-state index >= 15 is 0 Å². The number of halogens is 1. The number of hydrogen-bond donors (Lipinski definition) is 2. The number of nitrogens with two attached hydrogens (primary N) is 1. The molecule has 1 aliphatic carbocycles. The third kappa shape index (κ3) is 4.19. The van der Waals surface area contributed by atoms with Crippen LogP contribution in [0, 0.1) is 0 Å². The van der Waals surface area contributed by atoms with Gasteiger partial charge in [0.25, 0.3) is 5.91 Å². The Morgan fingerprint density at radius 2 is 2.05 bits per heavy atom. The number of rotatable bonds is 5. The number of carbonyl (C=O) groups excluding carboxylic acids is 2. The average molecular weight is 347 g/mol. The van der Waals surface area contributed by atoms with E-state index < -0.39 is 28.0 Å². The minimum absolute atomic E-state index is 0.00667. The fraction of sp³-hybridized carbons (Fsp3) is 0.385. The van der Waals surface area contributed by atoms with E-state index in [1.54, 1.807) is 0 Å². The molecule has 2 rings (SSSR count). The molecule has 1 saturated carbocycles. The number of benzene rings is 1. The summed E-state index contributed by atoms with van der Waals surface area (Å²) in [7, 11) is -3.97. The Morgan fingerprint density at radius 3 is 2.59 bits per heavy atom. The minimum atomic E-state index is -3.97. The molecule has 1 fully saturated rings. The van der Waals surface area contributed by atoms with Crippen LogP contribution in [0.5, 0.6) is 0 Å². The van der Waals surface area contributed by atoms with Gasteiger partial charge < -0.3 is 10.1 Å². The van der Waals surface area contributed by atoms with Crippen molar-refractivity contribution < 1.29 is 22.7 Å². The van der Waals surface area contributed by atoms with E-state index in [9.17, 15) is 18.0 Å². The maximum atomic E-state index is 12.0. The van der Waals surface area contributed by atoms with Gasteiger partial charge in [-0.15, -0.1) is 0 Å². The second kappa shape index (κ2) is 6.23. The molecule has 0 aliphatic heterocycles. The van der Waals surface area contributed by atoms with Crippen LogP contribution in [0.2, 0.25) is 5.02 Å². The summed E-state index contributed by atoms with van der Waals surface area (Å²) in [6.45, 7) is 1.42. The quantitative estimate of drug-likeness (QED) is 0.765. The molecule has 7 nitrogen and oxygen atoms in total. The summed E-state index contributed by atoms with van der Waals surface area (Å²) in [6.07, 6.45) is 0.811. The predicted molar refractivity (Wildman–Crippen MR) is 78.9 cm³/mol. The lowest BCUT2D eigenvalue weighted by molar-refractivity contribution is -0.129. The molecule has 120 valence electrons. The summed E-state index contributed by atoms with van der Waals surface area (Å²) in [5.41, 5.74) is -0.167. The normalized spacial score (nSPS) is 16.0. The Labute approximate surface area is 132 Å². The van der Waals surface area contributed by atoms with E-state index in [4.69, 9.17) is 21.5 Å². The van der Waals surface area contributed by atoms with Crippen LogP contribution in [0.1, 0.15) is 30.1 Å². The van der Waals surface area contributed by atoms with Crippen LogP contribution in [-0.4, -0.2) is 32.4 Å². The van der Waals surface area contributed by atoms with Gasteiger partial charge in [-0.3, -0.25) is 4.79 Å². The highest BCUT2D eigenvalue weighted by Crippen LogP contribution is 2.22. The molecule has 22 heavy (non-hydrogen) atoms. The third-order valence-electron chi connectivity index (χ3n) is 3.06. The zero-order chi connectivity index (χ0) is 16.5. The first-order valence-corrected chi connectivity index (χ1v) is 8.44. The lowest BCUT2D eigenvalue weighted by atomic mass is 10.2. The maximum absolute atomic E-state index is 12.0. The molecule has 9 heteroatoms. The zero-order valence-electron chi connectivity index (χ0n) is 11.7. The molecular weight excluding hydrogens is 332 g/mol. The number of ether oxygens (including phenoxy) is 1. The van der Waals surface area contributed by atoms with E-state index in [0.717, 1.165) is 18.9 Å². The van der Waals surface area contributed by atoms with Gasteiger partial charge in [-0.25, -0.2) is 18.4 Å². The highest BCUT2D eigenvalue weighted by molar-refractivity contribution is 7.89. The van der Waals surface area contributed by atoms with Crippen LogP contribution >= 0.6 is 11.6 Å². The molecule has 0 spiro atoms. The molecule has 1 aliphatic rings. The van der Waals surface area contributed by atoms with E-state index in [2.05, 4.69) is 5.32 Å². The average Bonchev–Trinajstić information content (AvgIpc) is 3.21. The van der Waals surface area contributed by atoms with Crippen molar-refractivity contribution in [2.45, 2.75) is 36.8 Å². The number of esters is 1. The van der Waals surface area contributed by atoms with Gasteiger partial charge in [-0.1, -0.05) is 11.6 Å². The van der Waals surface area contributed by atoms with Crippen LogP contribution in [-0.2, 0) is 19.6 Å². The second-order valence-electron chi connectivity index (χ2n) is 5.02. The van der Waals surface area contributed by atoms with Gasteiger partial charge in [-0.2, -0.15) is 0 Å². The van der Waals surface area contributed by atoms with Crippen molar-refractivity contribution in [2.75, 3.05) is 0 Å². The van der Waals surface area contributed by atoms with Crippen molar-refractivity contribution in [3.8, 4) is 0 Å². The molecule has 0 unspecified atom stereocenters. The molecule has 1 atom stereocenters. The number of sulfonamides is 1. The molecule has 0 radical (unpaired) electrons. The van der Waals surface area contributed by atoms with Crippen LogP contribution in [0.3, 0.4) is 0 Å². The Morgan fingerprint density at radius 1 is 1.41 bits per heavy atom. The third-order valence-corrected chi connectivity index (χ3v) is 4.30. The topological polar surface area (TPSA) is 116 Å². The summed E-state index contributed by atoms with van der Waals surface area (Å²) in [5, 5.41) is 7.70. The first-order chi connectivity index (χ1) is 10.2. The van der Waals surface area contributed by atoms with Gasteiger partial charge in [0.05, 0.1) is 15.5 Å². The van der Waals surface area contributed by atoms with Crippen LogP contribution in [0.25, 0.3) is 0 Å². The second-order valence-corrected chi connectivity index (χ2v) is 6.99. The van der Waals surface area contributed by atoms with Gasteiger partial charge >= 0.3 is 5.97 Å². The van der Waals surface area contributed by atoms with E-state index in [-0.39, 0.29) is 21.5 Å². The summed E-state index contributed by atoms with van der Waals surface area (Å²) < 4.78 is 27.6. The van der Waals surface area contributed by atoms with Crippen molar-refractivity contribution in [3.63, 3.8) is 0 Å². The highest BCUT2D eigenvalue weighted by Gasteiger charge is 2.28. The lowest BCUT2D eigenvalue weighted by Gasteiger charge is -2.14. The van der Waals surface area contributed by atoms with Gasteiger partial charge in [0.15, 0.2) is 6.10 Å². The fourth-order valence-electron chi connectivity index (χ4n) is 1.66. The molecule has 1 aromatic carbocycles. The minimum Gasteiger partial charge on any atom is -0.449 e. The van der Waals surface area contributed by atoms with Crippen molar-refractivity contribution in [2.24, 2.45) is 5.14 Å². The standard InChI is InChI=1S/C13H15ClN2O5S/c1-7(12(17)16-8-2-3-8)21-13(18)10-6-9(22(15,19)20)4-5-11(10)14/h4-8H,2-3H2,1H3,(H,16,17)(H2,15,19,20)/t7-/m1/s1. The van der Waals surface area contributed by atoms with Crippen molar-refractivity contribution >= 4 is 33.5 Å². The van der Waals surface area contributed by atoms with Gasteiger partial charge in [0.2, 0.25) is 10.0 Å². The number of nitrogens with one attached hydrogen (secondary N) is 1. The summed E-state index contributed by atoms with van der Waals surface area (Å²) >= 11 is 5.86. The molecule has 0 aromatic heterocycles. The molecule has 0 heterocycles. The Hall–Kier alpha value is -1.64. The van der Waals surface area contributed by atoms with Crippen molar-refractivity contribution in [3.05, 3.63) is 28.8 Å². The lowest BCUT2D eigenvalue weighted by Crippen LogP contribution is -2.37. The first-order valence-electron chi connectivity index (χ1n) is 6.52. The SMILES string of the molecule is C[C@@H](OC(=O)c1cc(S(N)(=O)=O)ccc1Cl)C(=O)NC1CC1. The maximum Gasteiger partial charge on any atom is 0.340 e. The first kappa shape index (κ1) is 16.7. The van der Waals surface area contributed by atoms with Crippen LogP contribution < -0.4 is 10.5 Å². The largest absolute Gasteiger partial charge is 0.449 e. The number of primary sulfonamides is 1.